The monoisotopic (exact) mass is 463 g/mol. The van der Waals surface area contributed by atoms with Crippen LogP contribution in [0, 0.1) is 0 Å². The lowest BCUT2D eigenvalue weighted by Gasteiger charge is -2.18. The number of halogens is 3. The normalized spacial score (nSPS) is 12.2. The summed E-state index contributed by atoms with van der Waals surface area (Å²) < 4.78 is 40.8. The minimum Gasteiger partial charge on any atom is -0.481 e. The number of aliphatic carboxylic acids is 1. The maximum atomic E-state index is 12.8. The van der Waals surface area contributed by atoms with E-state index in [1.54, 1.807) is 11.4 Å². The van der Waals surface area contributed by atoms with Gasteiger partial charge >= 0.3 is 12.3 Å². The Bertz CT molecular complexity index is 1050. The van der Waals surface area contributed by atoms with Crippen LogP contribution in [0.15, 0.2) is 66.0 Å². The highest BCUT2D eigenvalue weighted by Gasteiger charge is 2.31. The van der Waals surface area contributed by atoms with Crippen molar-refractivity contribution in [1.82, 2.24) is 5.32 Å². The second-order valence-electron chi connectivity index (χ2n) is 6.99. The largest absolute Gasteiger partial charge is 0.573 e. The van der Waals surface area contributed by atoms with E-state index in [1.807, 2.05) is 30.3 Å². The molecule has 1 amide bonds. The quantitative estimate of drug-likeness (QED) is 0.406. The summed E-state index contributed by atoms with van der Waals surface area (Å²) >= 11 is 1.22. The fourth-order valence-corrected chi connectivity index (χ4v) is 3.97. The third-order valence-corrected chi connectivity index (χ3v) is 5.56. The van der Waals surface area contributed by atoms with E-state index in [9.17, 15) is 22.8 Å². The smallest absolute Gasteiger partial charge is 0.481 e. The van der Waals surface area contributed by atoms with Gasteiger partial charge in [-0.1, -0.05) is 42.5 Å². The van der Waals surface area contributed by atoms with Crippen LogP contribution < -0.4 is 10.1 Å². The Labute approximate surface area is 186 Å². The van der Waals surface area contributed by atoms with Crippen LogP contribution in [0.4, 0.5) is 13.2 Å². The molecular weight excluding hydrogens is 443 g/mol. The molecule has 0 aliphatic heterocycles. The van der Waals surface area contributed by atoms with Crippen molar-refractivity contribution in [2.75, 3.05) is 0 Å². The van der Waals surface area contributed by atoms with Crippen molar-refractivity contribution in [3.63, 3.8) is 0 Å². The highest BCUT2D eigenvalue weighted by atomic mass is 32.1. The van der Waals surface area contributed by atoms with Gasteiger partial charge in [-0.15, -0.1) is 24.5 Å². The van der Waals surface area contributed by atoms with E-state index in [4.69, 9.17) is 5.11 Å². The van der Waals surface area contributed by atoms with Crippen molar-refractivity contribution in [1.29, 1.82) is 0 Å². The highest BCUT2D eigenvalue weighted by Crippen LogP contribution is 2.30. The van der Waals surface area contributed by atoms with Gasteiger partial charge < -0.3 is 15.2 Å². The Morgan fingerprint density at radius 2 is 1.72 bits per heavy atom. The number of thiophene rings is 1. The molecule has 2 N–H and O–H groups in total. The topological polar surface area (TPSA) is 75.6 Å². The molecule has 168 valence electrons. The number of alkyl halides is 3. The maximum absolute atomic E-state index is 12.8. The first-order valence-electron chi connectivity index (χ1n) is 9.73. The molecule has 1 atom stereocenters. The molecule has 1 aromatic heterocycles. The first-order valence-corrected chi connectivity index (χ1v) is 10.6. The van der Waals surface area contributed by atoms with Crippen molar-refractivity contribution in [3.05, 3.63) is 76.5 Å². The van der Waals surface area contributed by atoms with E-state index < -0.39 is 12.3 Å². The lowest BCUT2D eigenvalue weighted by atomic mass is 10.0. The number of carbonyl (C=O) groups is 2. The number of carboxylic acids is 1. The van der Waals surface area contributed by atoms with Crippen LogP contribution >= 0.6 is 11.3 Å². The third kappa shape index (κ3) is 6.84. The van der Waals surface area contributed by atoms with E-state index in [2.05, 4.69) is 10.1 Å². The van der Waals surface area contributed by atoms with Gasteiger partial charge in [0.25, 0.3) is 5.91 Å². The zero-order chi connectivity index (χ0) is 23.1. The van der Waals surface area contributed by atoms with Crippen LogP contribution in [-0.4, -0.2) is 23.3 Å². The average Bonchev–Trinajstić information content (AvgIpc) is 3.23. The van der Waals surface area contributed by atoms with Crippen LogP contribution in [0.2, 0.25) is 0 Å². The van der Waals surface area contributed by atoms with Crippen LogP contribution in [0.5, 0.6) is 5.75 Å². The number of hydrogen-bond donors (Lipinski definition) is 2. The van der Waals surface area contributed by atoms with E-state index in [-0.39, 0.29) is 24.1 Å². The SMILES string of the molecule is O=C(O)CCCC(NC(=O)c1cc(-c2ccc(OC(F)(F)F)cc2)cs1)c1ccccc1. The molecule has 3 rings (SSSR count). The Morgan fingerprint density at radius 3 is 2.34 bits per heavy atom. The van der Waals surface area contributed by atoms with Crippen molar-refractivity contribution in [3.8, 4) is 16.9 Å². The van der Waals surface area contributed by atoms with Gasteiger partial charge in [0, 0.05) is 6.42 Å². The molecule has 0 fully saturated rings. The Kier molecular flexibility index (Phi) is 7.53. The van der Waals surface area contributed by atoms with Gasteiger partial charge in [0.2, 0.25) is 0 Å². The molecule has 3 aromatic rings. The molecule has 0 saturated carbocycles. The van der Waals surface area contributed by atoms with Gasteiger partial charge in [-0.25, -0.2) is 0 Å². The number of amides is 1. The molecule has 9 heteroatoms. The van der Waals surface area contributed by atoms with E-state index in [0.29, 0.717) is 28.8 Å². The van der Waals surface area contributed by atoms with Crippen molar-refractivity contribution < 1.29 is 32.6 Å². The third-order valence-electron chi connectivity index (χ3n) is 4.64. The molecule has 1 unspecified atom stereocenters. The molecule has 2 aromatic carbocycles. The molecule has 5 nitrogen and oxygen atoms in total. The minimum atomic E-state index is -4.76. The summed E-state index contributed by atoms with van der Waals surface area (Å²) in [5.74, 6) is -1.51. The lowest BCUT2D eigenvalue weighted by molar-refractivity contribution is -0.274. The first-order chi connectivity index (χ1) is 15.2. The molecule has 0 radical (unpaired) electrons. The van der Waals surface area contributed by atoms with Crippen molar-refractivity contribution >= 4 is 23.2 Å². The van der Waals surface area contributed by atoms with Gasteiger partial charge in [0.1, 0.15) is 5.75 Å². The second-order valence-corrected chi connectivity index (χ2v) is 7.91. The number of benzene rings is 2. The molecular formula is C23H20F3NO4S. The predicted octanol–water partition coefficient (Wildman–Crippen LogP) is 6.04. The van der Waals surface area contributed by atoms with Crippen LogP contribution in [-0.2, 0) is 4.79 Å². The summed E-state index contributed by atoms with van der Waals surface area (Å²) in [5, 5.41) is 13.6. The zero-order valence-electron chi connectivity index (χ0n) is 16.8. The molecule has 0 spiro atoms. The molecule has 0 bridgehead atoms. The Balaban J connectivity index is 1.69. The van der Waals surface area contributed by atoms with Crippen LogP contribution in [0.3, 0.4) is 0 Å². The molecule has 0 saturated heterocycles. The first kappa shape index (κ1) is 23.3. The van der Waals surface area contributed by atoms with Crippen LogP contribution in [0.25, 0.3) is 11.1 Å². The summed E-state index contributed by atoms with van der Waals surface area (Å²) in [4.78, 5) is 24.1. The van der Waals surface area contributed by atoms with Crippen molar-refractivity contribution in [2.45, 2.75) is 31.7 Å². The lowest BCUT2D eigenvalue weighted by Crippen LogP contribution is -2.28. The van der Waals surface area contributed by atoms with Gasteiger partial charge in [-0.2, -0.15) is 0 Å². The molecule has 32 heavy (non-hydrogen) atoms. The maximum Gasteiger partial charge on any atom is 0.573 e. The number of ether oxygens (including phenoxy) is 1. The predicted molar refractivity (Wildman–Crippen MR) is 115 cm³/mol. The van der Waals surface area contributed by atoms with Gasteiger partial charge in [-0.3, -0.25) is 9.59 Å². The van der Waals surface area contributed by atoms with Gasteiger partial charge in [-0.05, 0) is 53.1 Å². The van der Waals surface area contributed by atoms with Gasteiger partial charge in [0.15, 0.2) is 0 Å². The van der Waals surface area contributed by atoms with E-state index in [1.165, 1.54) is 35.6 Å². The second kappa shape index (κ2) is 10.3. The van der Waals surface area contributed by atoms with E-state index >= 15 is 0 Å². The zero-order valence-corrected chi connectivity index (χ0v) is 17.6. The highest BCUT2D eigenvalue weighted by molar-refractivity contribution is 7.12. The van der Waals surface area contributed by atoms with Crippen molar-refractivity contribution in [2.24, 2.45) is 0 Å². The summed E-state index contributed by atoms with van der Waals surface area (Å²) in [7, 11) is 0. The number of carbonyl (C=O) groups excluding carboxylic acids is 1. The Morgan fingerprint density at radius 1 is 1.03 bits per heavy atom. The summed E-state index contributed by atoms with van der Waals surface area (Å²) in [6.07, 6.45) is -3.86. The standard InChI is InChI=1S/C23H20F3NO4S/c24-23(25,26)31-18-11-9-15(10-12-18)17-13-20(32-14-17)22(30)27-19(7-4-8-21(28)29)16-5-2-1-3-6-16/h1-3,5-6,9-14,19H,4,7-8H2,(H,27,30)(H,28,29). The molecule has 0 aliphatic carbocycles. The van der Waals surface area contributed by atoms with Crippen LogP contribution in [0.1, 0.15) is 40.5 Å². The van der Waals surface area contributed by atoms with E-state index in [0.717, 1.165) is 5.56 Å². The summed E-state index contributed by atoms with van der Waals surface area (Å²) in [5.41, 5.74) is 2.22. The average molecular weight is 463 g/mol. The van der Waals surface area contributed by atoms with Gasteiger partial charge in [0.05, 0.1) is 10.9 Å². The number of rotatable bonds is 9. The summed E-state index contributed by atoms with van der Waals surface area (Å²) in [6.45, 7) is 0. The minimum absolute atomic E-state index is 0.0103. The fraction of sp³-hybridized carbons (Fsp3) is 0.217. The summed E-state index contributed by atoms with van der Waals surface area (Å²) in [6, 6.07) is 16.0. The number of carboxylic acid groups (broad SMARTS) is 1. The fourth-order valence-electron chi connectivity index (χ4n) is 3.15. The Hall–Kier alpha value is -3.33. The molecule has 1 heterocycles. The molecule has 0 aliphatic rings. The number of hydrogen-bond acceptors (Lipinski definition) is 4. The number of nitrogens with one attached hydrogen (secondary N) is 1.